The predicted molar refractivity (Wildman–Crippen MR) is 111 cm³/mol. The molecule has 0 aliphatic carbocycles. The van der Waals surface area contributed by atoms with E-state index in [1.54, 1.807) is 0 Å². The third kappa shape index (κ3) is 4.47. The molecule has 0 saturated carbocycles. The number of hydrogen-bond acceptors (Lipinski definition) is 3. The van der Waals surface area contributed by atoms with Crippen LogP contribution in [0, 0.1) is 0 Å². The van der Waals surface area contributed by atoms with Gasteiger partial charge in [0.2, 0.25) is 0 Å². The van der Waals surface area contributed by atoms with E-state index in [1.165, 1.54) is 11.0 Å². The molecule has 0 heterocycles. The molecule has 0 saturated heterocycles. The maximum Gasteiger partial charge on any atom is 0.415 e. The number of carbonyl (C=O) groups excluding carboxylic acids is 1. The lowest BCUT2D eigenvalue weighted by Gasteiger charge is -2.27. The summed E-state index contributed by atoms with van der Waals surface area (Å²) in [7, 11) is 0. The molecule has 0 unspecified atom stereocenters. The lowest BCUT2D eigenvalue weighted by atomic mass is 9.80. The maximum absolute atomic E-state index is 12.5. The Labute approximate surface area is 170 Å². The van der Waals surface area contributed by atoms with Gasteiger partial charge in [-0.1, -0.05) is 62.7 Å². The normalized spacial score (nSPS) is 11.2. The summed E-state index contributed by atoms with van der Waals surface area (Å²) in [4.78, 5) is 25.9. The number of carboxylic acids is 1. The molecule has 6 heteroatoms. The standard InChI is InChI=1S/C22H26ClNO4/c1-6-24(7-2)21(27)28-19-16(20(25)26)13-15(14-11-9-8-10-12-14)17(18(19)23)22(3,4)5/h8-13H,6-7H2,1-5H3,(H,25,26). The molecular formula is C22H26ClNO4. The molecule has 0 aliphatic heterocycles. The zero-order valence-electron chi connectivity index (χ0n) is 16.9. The second kappa shape index (κ2) is 8.65. The average molecular weight is 404 g/mol. The summed E-state index contributed by atoms with van der Waals surface area (Å²) < 4.78 is 5.48. The fourth-order valence-corrected chi connectivity index (χ4v) is 3.63. The van der Waals surface area contributed by atoms with Crippen LogP contribution in [-0.2, 0) is 5.41 Å². The van der Waals surface area contributed by atoms with E-state index >= 15 is 0 Å². The SMILES string of the molecule is CCN(CC)C(=O)Oc1c(C(=O)O)cc(-c2ccccc2)c(C(C)(C)C)c1Cl. The number of hydrogen-bond donors (Lipinski definition) is 1. The molecule has 150 valence electrons. The highest BCUT2D eigenvalue weighted by molar-refractivity contribution is 6.34. The van der Waals surface area contributed by atoms with Crippen LogP contribution in [0.2, 0.25) is 5.02 Å². The van der Waals surface area contributed by atoms with Crippen LogP contribution >= 0.6 is 11.6 Å². The lowest BCUT2D eigenvalue weighted by molar-refractivity contribution is 0.0693. The van der Waals surface area contributed by atoms with Gasteiger partial charge in [-0.3, -0.25) is 0 Å². The molecule has 2 rings (SSSR count). The Bertz CT molecular complexity index is 868. The highest BCUT2D eigenvalue weighted by Crippen LogP contribution is 2.45. The van der Waals surface area contributed by atoms with Crippen molar-refractivity contribution in [2.75, 3.05) is 13.1 Å². The maximum atomic E-state index is 12.5. The molecule has 0 atom stereocenters. The summed E-state index contributed by atoms with van der Waals surface area (Å²) in [5, 5.41) is 9.90. The fraction of sp³-hybridized carbons (Fsp3) is 0.364. The quantitative estimate of drug-likeness (QED) is 0.680. The third-order valence-corrected chi connectivity index (χ3v) is 4.86. The van der Waals surface area contributed by atoms with Gasteiger partial charge in [0.15, 0.2) is 5.75 Å². The molecule has 0 bridgehead atoms. The molecule has 5 nitrogen and oxygen atoms in total. The zero-order chi connectivity index (χ0) is 21.1. The molecule has 1 N–H and O–H groups in total. The lowest BCUT2D eigenvalue weighted by Crippen LogP contribution is -2.33. The number of amides is 1. The van der Waals surface area contributed by atoms with E-state index < -0.39 is 17.5 Å². The predicted octanol–water partition coefficient (Wildman–Crippen LogP) is 5.84. The van der Waals surface area contributed by atoms with Crippen LogP contribution in [-0.4, -0.2) is 35.2 Å². The summed E-state index contributed by atoms with van der Waals surface area (Å²) in [6, 6.07) is 11.0. The topological polar surface area (TPSA) is 66.8 Å². The Morgan fingerprint density at radius 2 is 1.68 bits per heavy atom. The van der Waals surface area contributed by atoms with E-state index in [0.29, 0.717) is 18.7 Å². The summed E-state index contributed by atoms with van der Waals surface area (Å²) in [5.41, 5.74) is 1.73. The first kappa shape index (κ1) is 21.8. The van der Waals surface area contributed by atoms with Gasteiger partial charge in [-0.05, 0) is 42.0 Å². The van der Waals surface area contributed by atoms with Gasteiger partial charge in [0.05, 0.1) is 5.02 Å². The van der Waals surface area contributed by atoms with Crippen LogP contribution in [0.4, 0.5) is 4.79 Å². The summed E-state index contributed by atoms with van der Waals surface area (Å²) in [5.74, 6) is -1.32. The van der Waals surface area contributed by atoms with Crippen molar-refractivity contribution >= 4 is 23.7 Å². The molecule has 28 heavy (non-hydrogen) atoms. The first-order chi connectivity index (χ1) is 13.1. The van der Waals surface area contributed by atoms with Gasteiger partial charge in [-0.25, -0.2) is 9.59 Å². The van der Waals surface area contributed by atoms with E-state index in [2.05, 4.69) is 0 Å². The molecule has 0 aromatic heterocycles. The molecule has 0 radical (unpaired) electrons. The number of carboxylic acid groups (broad SMARTS) is 1. The highest BCUT2D eigenvalue weighted by atomic mass is 35.5. The van der Waals surface area contributed by atoms with Gasteiger partial charge < -0.3 is 14.7 Å². The number of rotatable bonds is 5. The number of aromatic carboxylic acids is 1. The van der Waals surface area contributed by atoms with Crippen molar-refractivity contribution in [1.29, 1.82) is 0 Å². The second-order valence-corrected chi connectivity index (χ2v) is 7.83. The molecule has 0 aliphatic rings. The van der Waals surface area contributed by atoms with E-state index in [1.807, 2.05) is 65.0 Å². The Morgan fingerprint density at radius 3 is 2.14 bits per heavy atom. The molecule has 0 spiro atoms. The van der Waals surface area contributed by atoms with Crippen molar-refractivity contribution < 1.29 is 19.4 Å². The molecular weight excluding hydrogens is 378 g/mol. The summed E-state index contributed by atoms with van der Waals surface area (Å²) >= 11 is 6.67. The van der Waals surface area contributed by atoms with Gasteiger partial charge in [0.25, 0.3) is 0 Å². The largest absolute Gasteiger partial charge is 0.478 e. The third-order valence-electron chi connectivity index (χ3n) is 4.50. The summed E-state index contributed by atoms with van der Waals surface area (Å²) in [6.07, 6.45) is -0.623. The Morgan fingerprint density at radius 1 is 1.11 bits per heavy atom. The number of nitrogens with zero attached hydrogens (tertiary/aromatic N) is 1. The minimum Gasteiger partial charge on any atom is -0.478 e. The fourth-order valence-electron chi connectivity index (χ4n) is 3.10. The van der Waals surface area contributed by atoms with Gasteiger partial charge in [-0.2, -0.15) is 0 Å². The van der Waals surface area contributed by atoms with Gasteiger partial charge in [0, 0.05) is 13.1 Å². The van der Waals surface area contributed by atoms with Gasteiger partial charge >= 0.3 is 12.1 Å². The van der Waals surface area contributed by atoms with E-state index in [9.17, 15) is 14.7 Å². The van der Waals surface area contributed by atoms with E-state index in [0.717, 1.165) is 11.1 Å². The van der Waals surface area contributed by atoms with Crippen LogP contribution in [0.25, 0.3) is 11.1 Å². The van der Waals surface area contributed by atoms with Crippen LogP contribution < -0.4 is 4.74 Å². The first-order valence-corrected chi connectivity index (χ1v) is 9.62. The first-order valence-electron chi connectivity index (χ1n) is 9.24. The van der Waals surface area contributed by atoms with Crippen LogP contribution in [0.1, 0.15) is 50.5 Å². The van der Waals surface area contributed by atoms with E-state index in [-0.39, 0.29) is 16.3 Å². The van der Waals surface area contributed by atoms with Crippen molar-refractivity contribution in [3.05, 3.63) is 52.5 Å². The smallest absolute Gasteiger partial charge is 0.415 e. The summed E-state index contributed by atoms with van der Waals surface area (Å²) in [6.45, 7) is 10.5. The Balaban J connectivity index is 2.76. The number of benzene rings is 2. The number of halogens is 1. The van der Waals surface area contributed by atoms with Crippen molar-refractivity contribution in [3.63, 3.8) is 0 Å². The van der Waals surface area contributed by atoms with E-state index in [4.69, 9.17) is 16.3 Å². The van der Waals surface area contributed by atoms with Crippen molar-refractivity contribution in [2.45, 2.75) is 40.0 Å². The Hall–Kier alpha value is -2.53. The van der Waals surface area contributed by atoms with Gasteiger partial charge in [-0.15, -0.1) is 0 Å². The minimum absolute atomic E-state index is 0.115. The molecule has 0 fully saturated rings. The highest BCUT2D eigenvalue weighted by Gasteiger charge is 2.30. The zero-order valence-corrected chi connectivity index (χ0v) is 17.6. The van der Waals surface area contributed by atoms with Crippen LogP contribution in [0.3, 0.4) is 0 Å². The molecule has 2 aromatic rings. The number of ether oxygens (including phenoxy) is 1. The minimum atomic E-state index is -1.21. The van der Waals surface area contributed by atoms with Crippen LogP contribution in [0.15, 0.2) is 36.4 Å². The van der Waals surface area contributed by atoms with Crippen molar-refractivity contribution in [2.24, 2.45) is 0 Å². The Kier molecular flexibility index (Phi) is 6.73. The second-order valence-electron chi connectivity index (χ2n) is 7.45. The molecule has 1 amide bonds. The average Bonchev–Trinajstić information content (AvgIpc) is 2.63. The van der Waals surface area contributed by atoms with Crippen LogP contribution in [0.5, 0.6) is 5.75 Å². The van der Waals surface area contributed by atoms with Gasteiger partial charge in [0.1, 0.15) is 5.56 Å². The monoisotopic (exact) mass is 403 g/mol. The molecule has 2 aromatic carbocycles. The van der Waals surface area contributed by atoms with Crippen molar-refractivity contribution in [3.8, 4) is 16.9 Å². The number of carbonyl (C=O) groups is 2. The van der Waals surface area contributed by atoms with Crippen molar-refractivity contribution in [1.82, 2.24) is 4.90 Å².